The number of thiophene rings is 1. The summed E-state index contributed by atoms with van der Waals surface area (Å²) in [6.07, 6.45) is -0.429. The molecule has 8 heteroatoms. The molecule has 2 atom stereocenters. The van der Waals surface area contributed by atoms with Gasteiger partial charge in [0, 0.05) is 27.3 Å². The van der Waals surface area contributed by atoms with Crippen molar-refractivity contribution in [1.29, 1.82) is 0 Å². The van der Waals surface area contributed by atoms with Gasteiger partial charge >= 0.3 is 0 Å². The first-order valence-corrected chi connectivity index (χ1v) is 8.35. The van der Waals surface area contributed by atoms with Gasteiger partial charge in [-0.05, 0) is 28.1 Å². The van der Waals surface area contributed by atoms with Gasteiger partial charge in [0.1, 0.15) is 4.21 Å². The lowest BCUT2D eigenvalue weighted by Gasteiger charge is -2.14. The highest BCUT2D eigenvalue weighted by molar-refractivity contribution is 9.11. The summed E-state index contributed by atoms with van der Waals surface area (Å²) in [6, 6.07) is 3.33. The fourth-order valence-electron chi connectivity index (χ4n) is 1.92. The van der Waals surface area contributed by atoms with E-state index in [2.05, 4.69) is 15.9 Å². The van der Waals surface area contributed by atoms with E-state index in [4.69, 9.17) is 9.47 Å². The Balaban J connectivity index is 2.22. The zero-order valence-corrected chi connectivity index (χ0v) is 13.2. The van der Waals surface area contributed by atoms with Crippen molar-refractivity contribution in [3.8, 4) is 0 Å². The predicted molar refractivity (Wildman–Crippen MR) is 72.4 cm³/mol. The van der Waals surface area contributed by atoms with Gasteiger partial charge in [-0.3, -0.25) is 0 Å². The van der Waals surface area contributed by atoms with Gasteiger partial charge in [0.15, 0.2) is 0 Å². The molecule has 102 valence electrons. The lowest BCUT2D eigenvalue weighted by molar-refractivity contribution is -0.00461. The van der Waals surface area contributed by atoms with Crippen LogP contribution < -0.4 is 0 Å². The van der Waals surface area contributed by atoms with Crippen LogP contribution in [-0.4, -0.2) is 52.2 Å². The summed E-state index contributed by atoms with van der Waals surface area (Å²) in [4.78, 5) is 0. The van der Waals surface area contributed by atoms with Crippen LogP contribution in [0.1, 0.15) is 0 Å². The van der Waals surface area contributed by atoms with Crippen molar-refractivity contribution >= 4 is 37.3 Å². The average molecular weight is 356 g/mol. The molecule has 1 saturated heterocycles. The summed E-state index contributed by atoms with van der Waals surface area (Å²) >= 11 is 4.48. The second-order valence-corrected chi connectivity index (χ2v) is 8.56. The van der Waals surface area contributed by atoms with Crippen LogP contribution in [0.15, 0.2) is 20.1 Å². The minimum atomic E-state index is -3.44. The van der Waals surface area contributed by atoms with Gasteiger partial charge in [-0.25, -0.2) is 8.42 Å². The van der Waals surface area contributed by atoms with Crippen LogP contribution in [0.2, 0.25) is 0 Å². The molecule has 1 aromatic heterocycles. The third-order valence-corrected chi connectivity index (χ3v) is 6.85. The second kappa shape index (κ2) is 5.56. The molecule has 0 aliphatic carbocycles. The molecule has 1 aromatic rings. The maximum Gasteiger partial charge on any atom is 0.252 e. The van der Waals surface area contributed by atoms with Gasteiger partial charge in [-0.15, -0.1) is 11.3 Å². The summed E-state index contributed by atoms with van der Waals surface area (Å²) in [6.45, 7) is 0.652. The molecule has 2 heterocycles. The van der Waals surface area contributed by atoms with Gasteiger partial charge in [-0.1, -0.05) is 0 Å². The molecule has 1 aliphatic rings. The highest BCUT2D eigenvalue weighted by Gasteiger charge is 2.40. The normalized spacial score (nSPS) is 25.7. The molecule has 18 heavy (non-hydrogen) atoms. The third kappa shape index (κ3) is 2.63. The number of halogens is 1. The van der Waals surface area contributed by atoms with Crippen LogP contribution in [0.5, 0.6) is 0 Å². The molecule has 0 amide bonds. The molecular weight excluding hydrogens is 342 g/mol. The smallest absolute Gasteiger partial charge is 0.252 e. The molecule has 0 spiro atoms. The molecule has 0 aromatic carbocycles. The standard InChI is InChI=1S/C10H14BrNO4S2/c1-15-7-5-12(6-8(7)16-2)18(13,14)10-4-3-9(11)17-10/h3-4,7-8H,5-6H2,1-2H3. The Bertz CT molecular complexity index is 504. The Kier molecular flexibility index (Phi) is 4.45. The van der Waals surface area contributed by atoms with Gasteiger partial charge in [-0.2, -0.15) is 4.31 Å². The van der Waals surface area contributed by atoms with Crippen molar-refractivity contribution in [3.05, 3.63) is 15.9 Å². The molecule has 0 N–H and O–H groups in total. The van der Waals surface area contributed by atoms with E-state index >= 15 is 0 Å². The Morgan fingerprint density at radius 2 is 1.83 bits per heavy atom. The van der Waals surface area contributed by atoms with Gasteiger partial charge < -0.3 is 9.47 Å². The van der Waals surface area contributed by atoms with E-state index in [9.17, 15) is 8.42 Å². The van der Waals surface area contributed by atoms with Crippen molar-refractivity contribution in [1.82, 2.24) is 4.31 Å². The minimum Gasteiger partial charge on any atom is -0.377 e. The summed E-state index contributed by atoms with van der Waals surface area (Å²) in [7, 11) is -0.314. The van der Waals surface area contributed by atoms with Crippen molar-refractivity contribution < 1.29 is 17.9 Å². The second-order valence-electron chi connectivity index (χ2n) is 3.93. The van der Waals surface area contributed by atoms with E-state index in [0.717, 1.165) is 3.79 Å². The van der Waals surface area contributed by atoms with Gasteiger partial charge in [0.2, 0.25) is 0 Å². The molecule has 2 unspecified atom stereocenters. The topological polar surface area (TPSA) is 55.8 Å². The minimum absolute atomic E-state index is 0.215. The maximum atomic E-state index is 12.4. The molecule has 0 saturated carbocycles. The van der Waals surface area contributed by atoms with E-state index in [1.54, 1.807) is 26.4 Å². The van der Waals surface area contributed by atoms with Gasteiger partial charge in [0.25, 0.3) is 10.0 Å². The summed E-state index contributed by atoms with van der Waals surface area (Å²) in [5, 5.41) is 0. The number of hydrogen-bond donors (Lipinski definition) is 0. The zero-order valence-electron chi connectivity index (χ0n) is 10.00. The number of nitrogens with zero attached hydrogens (tertiary/aromatic N) is 1. The third-order valence-electron chi connectivity index (χ3n) is 2.93. The molecule has 1 fully saturated rings. The number of sulfonamides is 1. The first kappa shape index (κ1) is 14.4. The van der Waals surface area contributed by atoms with E-state index in [0.29, 0.717) is 17.3 Å². The monoisotopic (exact) mass is 355 g/mol. The highest BCUT2D eigenvalue weighted by Crippen LogP contribution is 2.30. The van der Waals surface area contributed by atoms with Crippen LogP contribution >= 0.6 is 27.3 Å². The van der Waals surface area contributed by atoms with Crippen LogP contribution in [0.25, 0.3) is 0 Å². The largest absolute Gasteiger partial charge is 0.377 e. The molecule has 2 rings (SSSR count). The first-order chi connectivity index (χ1) is 8.48. The number of rotatable bonds is 4. The molecule has 0 radical (unpaired) electrons. The lowest BCUT2D eigenvalue weighted by atomic mass is 10.3. The molecule has 0 bridgehead atoms. The fraction of sp³-hybridized carbons (Fsp3) is 0.600. The Hall–Kier alpha value is 0.01000. The lowest BCUT2D eigenvalue weighted by Crippen LogP contribution is -2.29. The predicted octanol–water partition coefficient (Wildman–Crippen LogP) is 1.54. The van der Waals surface area contributed by atoms with Crippen LogP contribution in [-0.2, 0) is 19.5 Å². The highest BCUT2D eigenvalue weighted by atomic mass is 79.9. The maximum absolute atomic E-state index is 12.4. The summed E-state index contributed by atoms with van der Waals surface area (Å²) in [5.74, 6) is 0. The fourth-order valence-corrected chi connectivity index (χ4v) is 5.55. The number of hydrogen-bond acceptors (Lipinski definition) is 5. The Morgan fingerprint density at radius 3 is 2.22 bits per heavy atom. The van der Waals surface area contributed by atoms with E-state index in [-0.39, 0.29) is 12.2 Å². The SMILES string of the molecule is COC1CN(S(=O)(=O)c2ccc(Br)s2)CC1OC. The summed E-state index contributed by atoms with van der Waals surface area (Å²) in [5.41, 5.74) is 0. The van der Waals surface area contributed by atoms with E-state index in [1.165, 1.54) is 15.6 Å². The first-order valence-electron chi connectivity index (χ1n) is 5.30. The molecule has 5 nitrogen and oxygen atoms in total. The zero-order chi connectivity index (χ0) is 13.3. The van der Waals surface area contributed by atoms with E-state index < -0.39 is 10.0 Å². The van der Waals surface area contributed by atoms with Crippen molar-refractivity contribution in [2.24, 2.45) is 0 Å². The number of ether oxygens (including phenoxy) is 2. The molecular formula is C10H14BrNO4S2. The Morgan fingerprint density at radius 1 is 1.28 bits per heavy atom. The van der Waals surface area contributed by atoms with Crippen molar-refractivity contribution in [2.45, 2.75) is 16.4 Å². The summed E-state index contributed by atoms with van der Waals surface area (Å²) < 4.78 is 37.8. The van der Waals surface area contributed by atoms with E-state index in [1.807, 2.05) is 0 Å². The van der Waals surface area contributed by atoms with Gasteiger partial charge in [0.05, 0.1) is 16.0 Å². The van der Waals surface area contributed by atoms with Crippen LogP contribution in [0.3, 0.4) is 0 Å². The average Bonchev–Trinajstić information content (AvgIpc) is 2.94. The van der Waals surface area contributed by atoms with Crippen molar-refractivity contribution in [2.75, 3.05) is 27.3 Å². The van der Waals surface area contributed by atoms with Crippen LogP contribution in [0, 0.1) is 0 Å². The Labute approximate surface area is 119 Å². The quantitative estimate of drug-likeness (QED) is 0.821. The molecule has 1 aliphatic heterocycles. The van der Waals surface area contributed by atoms with Crippen LogP contribution in [0.4, 0.5) is 0 Å². The number of methoxy groups -OCH3 is 2. The van der Waals surface area contributed by atoms with Crippen molar-refractivity contribution in [3.63, 3.8) is 0 Å².